The van der Waals surface area contributed by atoms with E-state index in [4.69, 9.17) is 4.42 Å². The van der Waals surface area contributed by atoms with Crippen LogP contribution in [0.25, 0.3) is 0 Å². The van der Waals surface area contributed by atoms with Gasteiger partial charge in [-0.2, -0.15) is 0 Å². The van der Waals surface area contributed by atoms with Crippen LogP contribution in [0.1, 0.15) is 45.8 Å². The minimum atomic E-state index is -0.319. The van der Waals surface area contributed by atoms with Gasteiger partial charge in [0.25, 0.3) is 5.56 Å². The lowest BCUT2D eigenvalue weighted by Crippen LogP contribution is -2.31. The lowest BCUT2D eigenvalue weighted by Gasteiger charge is -2.33. The molecule has 0 fully saturated rings. The highest BCUT2D eigenvalue weighted by molar-refractivity contribution is 7.12. The summed E-state index contributed by atoms with van der Waals surface area (Å²) in [6.45, 7) is 2.03. The molecule has 1 aliphatic carbocycles. The summed E-state index contributed by atoms with van der Waals surface area (Å²) in [6.07, 6.45) is 2.71. The molecule has 0 radical (unpaired) electrons. The van der Waals surface area contributed by atoms with Crippen molar-refractivity contribution in [1.29, 1.82) is 0 Å². The second-order valence-corrected chi connectivity index (χ2v) is 8.13. The predicted octanol–water partition coefficient (Wildman–Crippen LogP) is 3.62. The molecular formula is C19H17N3O3S. The van der Waals surface area contributed by atoms with Crippen molar-refractivity contribution in [1.82, 2.24) is 10.2 Å². The van der Waals surface area contributed by atoms with Gasteiger partial charge in [-0.15, -0.1) is 11.3 Å². The van der Waals surface area contributed by atoms with Crippen LogP contribution in [-0.2, 0) is 4.79 Å². The summed E-state index contributed by atoms with van der Waals surface area (Å²) >= 11 is 1.63. The Morgan fingerprint density at radius 2 is 2.04 bits per heavy atom. The number of carbonyl (C=O) groups is 1. The molecule has 3 aromatic heterocycles. The normalized spacial score (nSPS) is 22.1. The molecule has 0 amide bonds. The molecule has 0 bridgehead atoms. The third kappa shape index (κ3) is 2.24. The Morgan fingerprint density at radius 1 is 1.15 bits per heavy atom. The first kappa shape index (κ1) is 15.5. The monoisotopic (exact) mass is 367 g/mol. The van der Waals surface area contributed by atoms with Crippen LogP contribution in [0.4, 0.5) is 5.82 Å². The number of ketones is 1. The standard InChI is InChI=1S/C19H17N3O3S/c1-9-4-5-14(26-9)16-15-11(20-18-17(16)19(24)22-21-18)7-10(8-12(15)23)13-3-2-6-25-13/h2-6,10,16H,7-8H2,1H3,(H3,20,21,22,24)/t10-,16-/m1/s1. The number of hydrogen-bond donors (Lipinski definition) is 3. The van der Waals surface area contributed by atoms with E-state index >= 15 is 0 Å². The number of hydrogen-bond acceptors (Lipinski definition) is 5. The first-order valence-corrected chi connectivity index (χ1v) is 9.37. The van der Waals surface area contributed by atoms with Crippen LogP contribution in [0.3, 0.4) is 0 Å². The zero-order valence-electron chi connectivity index (χ0n) is 14.1. The van der Waals surface area contributed by atoms with Crippen LogP contribution in [0.2, 0.25) is 0 Å². The summed E-state index contributed by atoms with van der Waals surface area (Å²) in [6, 6.07) is 7.80. The maximum atomic E-state index is 13.1. The number of anilines is 1. The Kier molecular flexibility index (Phi) is 3.33. The molecule has 0 spiro atoms. The molecule has 0 saturated heterocycles. The summed E-state index contributed by atoms with van der Waals surface area (Å²) in [5.74, 6) is 1.24. The van der Waals surface area contributed by atoms with Crippen LogP contribution >= 0.6 is 11.3 Å². The fraction of sp³-hybridized carbons (Fsp3) is 0.263. The van der Waals surface area contributed by atoms with E-state index < -0.39 is 0 Å². The molecule has 7 heteroatoms. The van der Waals surface area contributed by atoms with Gasteiger partial charge in [0.15, 0.2) is 5.78 Å². The van der Waals surface area contributed by atoms with Gasteiger partial charge in [-0.05, 0) is 37.6 Å². The number of nitrogens with one attached hydrogen (secondary N) is 3. The molecule has 2 atom stereocenters. The van der Waals surface area contributed by atoms with Crippen molar-refractivity contribution in [2.24, 2.45) is 0 Å². The molecule has 3 N–H and O–H groups in total. The Balaban J connectivity index is 1.66. The second-order valence-electron chi connectivity index (χ2n) is 6.81. The van der Waals surface area contributed by atoms with Crippen molar-refractivity contribution < 1.29 is 9.21 Å². The lowest BCUT2D eigenvalue weighted by molar-refractivity contribution is -0.116. The minimum Gasteiger partial charge on any atom is -0.469 e. The zero-order chi connectivity index (χ0) is 17.8. The zero-order valence-corrected chi connectivity index (χ0v) is 14.9. The van der Waals surface area contributed by atoms with Crippen molar-refractivity contribution in [3.8, 4) is 0 Å². The van der Waals surface area contributed by atoms with E-state index in [2.05, 4.69) is 15.5 Å². The number of aryl methyl sites for hydroxylation is 1. The number of carbonyl (C=O) groups excluding carboxylic acids is 1. The van der Waals surface area contributed by atoms with Gasteiger partial charge in [0.2, 0.25) is 0 Å². The average molecular weight is 367 g/mol. The van der Waals surface area contributed by atoms with Gasteiger partial charge in [-0.25, -0.2) is 0 Å². The fourth-order valence-electron chi connectivity index (χ4n) is 4.04. The average Bonchev–Trinajstić information content (AvgIpc) is 3.35. The number of Topliss-reactive ketones (excluding diaryl/α,β-unsaturated/α-hetero) is 1. The van der Waals surface area contributed by atoms with Gasteiger partial charge in [0, 0.05) is 33.4 Å². The quantitative estimate of drug-likeness (QED) is 0.645. The maximum Gasteiger partial charge on any atom is 0.270 e. The summed E-state index contributed by atoms with van der Waals surface area (Å²) in [5, 5.41) is 8.85. The van der Waals surface area contributed by atoms with Gasteiger partial charge >= 0.3 is 0 Å². The molecule has 0 saturated carbocycles. The highest BCUT2D eigenvalue weighted by Gasteiger charge is 2.41. The first-order chi connectivity index (χ1) is 12.6. The van der Waals surface area contributed by atoms with E-state index in [0.29, 0.717) is 29.8 Å². The molecule has 4 heterocycles. The largest absolute Gasteiger partial charge is 0.469 e. The van der Waals surface area contributed by atoms with Crippen molar-refractivity contribution in [2.45, 2.75) is 31.6 Å². The lowest BCUT2D eigenvalue weighted by atomic mass is 9.75. The smallest absolute Gasteiger partial charge is 0.270 e. The summed E-state index contributed by atoms with van der Waals surface area (Å²) in [7, 11) is 0. The Morgan fingerprint density at radius 3 is 2.77 bits per heavy atom. The molecule has 3 aromatic rings. The number of thiophene rings is 1. The molecule has 2 aliphatic rings. The van der Waals surface area contributed by atoms with E-state index in [-0.39, 0.29) is 23.2 Å². The number of aromatic amines is 2. The molecule has 5 rings (SSSR count). The molecular weight excluding hydrogens is 350 g/mol. The first-order valence-electron chi connectivity index (χ1n) is 8.55. The number of aromatic nitrogens is 2. The van der Waals surface area contributed by atoms with E-state index in [0.717, 1.165) is 21.2 Å². The van der Waals surface area contributed by atoms with Gasteiger partial charge in [-0.3, -0.25) is 19.8 Å². The number of fused-ring (bicyclic) bond motifs is 1. The summed E-state index contributed by atoms with van der Waals surface area (Å²) in [4.78, 5) is 27.7. The molecule has 1 aliphatic heterocycles. The number of furan rings is 1. The van der Waals surface area contributed by atoms with Crippen LogP contribution in [0, 0.1) is 6.92 Å². The van der Waals surface area contributed by atoms with Crippen molar-refractivity contribution in [3.05, 3.63) is 73.2 Å². The maximum absolute atomic E-state index is 13.1. The van der Waals surface area contributed by atoms with Gasteiger partial charge in [0.1, 0.15) is 11.6 Å². The van der Waals surface area contributed by atoms with Crippen LogP contribution in [0.5, 0.6) is 0 Å². The highest BCUT2D eigenvalue weighted by Crippen LogP contribution is 2.47. The third-order valence-electron chi connectivity index (χ3n) is 5.17. The van der Waals surface area contributed by atoms with E-state index in [1.807, 2.05) is 31.2 Å². The van der Waals surface area contributed by atoms with Gasteiger partial charge in [0.05, 0.1) is 17.7 Å². The Labute approximate surface area is 152 Å². The van der Waals surface area contributed by atoms with E-state index in [1.165, 1.54) is 0 Å². The Bertz CT molecular complexity index is 1080. The predicted molar refractivity (Wildman–Crippen MR) is 98.7 cm³/mol. The van der Waals surface area contributed by atoms with Gasteiger partial charge in [-0.1, -0.05) is 0 Å². The topological polar surface area (TPSA) is 90.9 Å². The molecule has 0 unspecified atom stereocenters. The molecule has 6 nitrogen and oxygen atoms in total. The van der Waals surface area contributed by atoms with Crippen molar-refractivity contribution in [2.75, 3.05) is 5.32 Å². The highest BCUT2D eigenvalue weighted by atomic mass is 32.1. The van der Waals surface area contributed by atoms with Crippen molar-refractivity contribution in [3.63, 3.8) is 0 Å². The number of rotatable bonds is 2. The second kappa shape index (κ2) is 5.60. The Hall–Kier alpha value is -2.80. The minimum absolute atomic E-state index is 0.0154. The third-order valence-corrected chi connectivity index (χ3v) is 6.23. The summed E-state index contributed by atoms with van der Waals surface area (Å²) in [5.41, 5.74) is 2.00. The SMILES string of the molecule is Cc1ccc([C@@H]2C3=C(C[C@@H](c4ccco4)CC3=O)Nc3[nH][nH]c(=O)c32)s1. The van der Waals surface area contributed by atoms with E-state index in [1.54, 1.807) is 17.6 Å². The molecule has 132 valence electrons. The van der Waals surface area contributed by atoms with Crippen LogP contribution in [-0.4, -0.2) is 16.0 Å². The van der Waals surface area contributed by atoms with Gasteiger partial charge < -0.3 is 9.73 Å². The number of allylic oxidation sites excluding steroid dienone is 2. The number of H-pyrrole nitrogens is 2. The summed E-state index contributed by atoms with van der Waals surface area (Å²) < 4.78 is 5.52. The molecule has 26 heavy (non-hydrogen) atoms. The molecule has 0 aromatic carbocycles. The fourth-order valence-corrected chi connectivity index (χ4v) is 5.04. The van der Waals surface area contributed by atoms with Crippen LogP contribution < -0.4 is 10.9 Å². The van der Waals surface area contributed by atoms with Crippen molar-refractivity contribution >= 4 is 22.9 Å². The van der Waals surface area contributed by atoms with Crippen LogP contribution in [0.15, 0.2) is 51.0 Å². The van der Waals surface area contributed by atoms with E-state index in [9.17, 15) is 9.59 Å².